The summed E-state index contributed by atoms with van der Waals surface area (Å²) in [7, 11) is 2.07. The molecule has 2 rings (SSSR count). The fourth-order valence-electron chi connectivity index (χ4n) is 2.80. The van der Waals surface area contributed by atoms with Gasteiger partial charge in [-0.25, -0.2) is 4.98 Å². The standard InChI is InChI=1S/C14H26N4/c1-4-7-15-12(2)13-5-9-18(10-6-13)14-16-8-11-17(14)3/h8,11-13,15H,4-7,9-10H2,1-3H3. The predicted octanol–water partition coefficient (Wildman–Crippen LogP) is 2.02. The summed E-state index contributed by atoms with van der Waals surface area (Å²) in [5.74, 6) is 1.93. The highest BCUT2D eigenvalue weighted by Crippen LogP contribution is 2.23. The Bertz CT molecular complexity index is 352. The van der Waals surface area contributed by atoms with Crippen molar-refractivity contribution in [2.24, 2.45) is 13.0 Å². The molecular weight excluding hydrogens is 224 g/mol. The summed E-state index contributed by atoms with van der Waals surface area (Å²) in [6.07, 6.45) is 7.66. The SMILES string of the molecule is CCCNC(C)C1CCN(c2nccn2C)CC1. The van der Waals surface area contributed by atoms with Crippen molar-refractivity contribution >= 4 is 5.95 Å². The van der Waals surface area contributed by atoms with Crippen LogP contribution in [0.2, 0.25) is 0 Å². The quantitative estimate of drug-likeness (QED) is 0.868. The average Bonchev–Trinajstić information content (AvgIpc) is 2.82. The largest absolute Gasteiger partial charge is 0.342 e. The Kier molecular flexibility index (Phi) is 4.64. The first-order valence-corrected chi connectivity index (χ1v) is 7.18. The van der Waals surface area contributed by atoms with E-state index in [1.54, 1.807) is 0 Å². The third-order valence-corrected chi connectivity index (χ3v) is 4.04. The molecule has 102 valence electrons. The molecule has 0 aromatic carbocycles. The van der Waals surface area contributed by atoms with Crippen molar-refractivity contribution in [3.63, 3.8) is 0 Å². The molecule has 0 amide bonds. The maximum Gasteiger partial charge on any atom is 0.205 e. The molecule has 18 heavy (non-hydrogen) atoms. The lowest BCUT2D eigenvalue weighted by Gasteiger charge is -2.35. The van der Waals surface area contributed by atoms with Crippen molar-refractivity contribution < 1.29 is 0 Å². The first-order valence-electron chi connectivity index (χ1n) is 7.18. The second-order valence-electron chi connectivity index (χ2n) is 5.41. The van der Waals surface area contributed by atoms with Gasteiger partial charge in [0.25, 0.3) is 0 Å². The number of hydrogen-bond donors (Lipinski definition) is 1. The number of imidazole rings is 1. The minimum absolute atomic E-state index is 0.647. The summed E-state index contributed by atoms with van der Waals surface area (Å²) >= 11 is 0. The van der Waals surface area contributed by atoms with Crippen LogP contribution in [-0.2, 0) is 7.05 Å². The number of aromatic nitrogens is 2. The molecule has 1 aromatic heterocycles. The van der Waals surface area contributed by atoms with Gasteiger partial charge >= 0.3 is 0 Å². The van der Waals surface area contributed by atoms with Gasteiger partial charge in [0, 0.05) is 38.6 Å². The van der Waals surface area contributed by atoms with Gasteiger partial charge in [-0.15, -0.1) is 0 Å². The van der Waals surface area contributed by atoms with Crippen LogP contribution >= 0.6 is 0 Å². The summed E-state index contributed by atoms with van der Waals surface area (Å²) in [5.41, 5.74) is 0. The van der Waals surface area contributed by atoms with Crippen molar-refractivity contribution in [3.05, 3.63) is 12.4 Å². The van der Waals surface area contributed by atoms with E-state index in [1.807, 2.05) is 12.4 Å². The van der Waals surface area contributed by atoms with Crippen LogP contribution in [0.5, 0.6) is 0 Å². The zero-order valence-corrected chi connectivity index (χ0v) is 11.9. The number of hydrogen-bond acceptors (Lipinski definition) is 3. The monoisotopic (exact) mass is 250 g/mol. The van der Waals surface area contributed by atoms with E-state index in [0.29, 0.717) is 6.04 Å². The Morgan fingerprint density at radius 1 is 1.44 bits per heavy atom. The van der Waals surface area contributed by atoms with Gasteiger partial charge in [-0.3, -0.25) is 0 Å². The Labute approximate surface area is 110 Å². The molecule has 0 bridgehead atoms. The number of aryl methyl sites for hydroxylation is 1. The lowest BCUT2D eigenvalue weighted by Crippen LogP contribution is -2.42. The van der Waals surface area contributed by atoms with Gasteiger partial charge in [0.1, 0.15) is 0 Å². The minimum Gasteiger partial charge on any atom is -0.342 e. The molecule has 4 heteroatoms. The van der Waals surface area contributed by atoms with Gasteiger partial charge in [0.2, 0.25) is 5.95 Å². The first kappa shape index (κ1) is 13.4. The molecule has 1 fully saturated rings. The summed E-state index contributed by atoms with van der Waals surface area (Å²) in [6, 6.07) is 0.647. The molecular formula is C14H26N4. The van der Waals surface area contributed by atoms with E-state index in [0.717, 1.165) is 31.5 Å². The second kappa shape index (κ2) is 6.23. The predicted molar refractivity (Wildman–Crippen MR) is 75.9 cm³/mol. The molecule has 1 unspecified atom stereocenters. The Morgan fingerprint density at radius 2 is 2.17 bits per heavy atom. The molecule has 4 nitrogen and oxygen atoms in total. The third kappa shape index (κ3) is 3.05. The van der Waals surface area contributed by atoms with Crippen molar-refractivity contribution in [2.45, 2.75) is 39.2 Å². The van der Waals surface area contributed by atoms with E-state index in [4.69, 9.17) is 0 Å². The van der Waals surface area contributed by atoms with Gasteiger partial charge < -0.3 is 14.8 Å². The lowest BCUT2D eigenvalue weighted by molar-refractivity contribution is 0.309. The van der Waals surface area contributed by atoms with Crippen molar-refractivity contribution in [2.75, 3.05) is 24.5 Å². The molecule has 0 saturated carbocycles. The van der Waals surface area contributed by atoms with Gasteiger partial charge in [-0.1, -0.05) is 6.92 Å². The van der Waals surface area contributed by atoms with Gasteiger partial charge in [-0.05, 0) is 38.6 Å². The van der Waals surface area contributed by atoms with Crippen LogP contribution in [0, 0.1) is 5.92 Å². The highest BCUT2D eigenvalue weighted by molar-refractivity contribution is 5.31. The van der Waals surface area contributed by atoms with E-state index in [2.05, 4.69) is 40.7 Å². The van der Waals surface area contributed by atoms with Gasteiger partial charge in [0.15, 0.2) is 0 Å². The van der Waals surface area contributed by atoms with Crippen LogP contribution in [0.3, 0.4) is 0 Å². The first-order chi connectivity index (χ1) is 8.72. The summed E-state index contributed by atoms with van der Waals surface area (Å²) < 4.78 is 2.11. The van der Waals surface area contributed by atoms with Crippen LogP contribution in [0.25, 0.3) is 0 Å². The smallest absolute Gasteiger partial charge is 0.205 e. The molecule has 2 heterocycles. The fraction of sp³-hybridized carbons (Fsp3) is 0.786. The lowest BCUT2D eigenvalue weighted by atomic mass is 9.90. The minimum atomic E-state index is 0.647. The van der Waals surface area contributed by atoms with E-state index >= 15 is 0 Å². The molecule has 0 spiro atoms. The zero-order chi connectivity index (χ0) is 13.0. The summed E-state index contributed by atoms with van der Waals surface area (Å²) in [6.45, 7) is 7.96. The number of nitrogens with one attached hydrogen (secondary N) is 1. The van der Waals surface area contributed by atoms with Crippen molar-refractivity contribution in [1.29, 1.82) is 0 Å². The topological polar surface area (TPSA) is 33.1 Å². The molecule has 1 N–H and O–H groups in total. The van der Waals surface area contributed by atoms with Crippen LogP contribution < -0.4 is 10.2 Å². The Balaban J connectivity index is 1.83. The maximum absolute atomic E-state index is 4.43. The highest BCUT2D eigenvalue weighted by Gasteiger charge is 2.24. The van der Waals surface area contributed by atoms with E-state index in [9.17, 15) is 0 Å². The Hall–Kier alpha value is -1.03. The molecule has 0 aliphatic carbocycles. The Morgan fingerprint density at radius 3 is 2.72 bits per heavy atom. The van der Waals surface area contributed by atoms with Gasteiger partial charge in [-0.2, -0.15) is 0 Å². The number of piperidine rings is 1. The number of anilines is 1. The van der Waals surface area contributed by atoms with E-state index in [-0.39, 0.29) is 0 Å². The van der Waals surface area contributed by atoms with Crippen LogP contribution in [0.4, 0.5) is 5.95 Å². The number of rotatable bonds is 5. The normalized spacial score (nSPS) is 19.2. The van der Waals surface area contributed by atoms with Crippen LogP contribution in [0.1, 0.15) is 33.1 Å². The zero-order valence-electron chi connectivity index (χ0n) is 11.9. The summed E-state index contributed by atoms with van der Waals surface area (Å²) in [5, 5.41) is 3.62. The average molecular weight is 250 g/mol. The van der Waals surface area contributed by atoms with Crippen molar-refractivity contribution in [1.82, 2.24) is 14.9 Å². The fourth-order valence-corrected chi connectivity index (χ4v) is 2.80. The molecule has 1 saturated heterocycles. The van der Waals surface area contributed by atoms with Gasteiger partial charge in [0.05, 0.1) is 0 Å². The molecule has 0 radical (unpaired) electrons. The highest BCUT2D eigenvalue weighted by atomic mass is 15.3. The van der Waals surface area contributed by atoms with E-state index < -0.39 is 0 Å². The van der Waals surface area contributed by atoms with Crippen molar-refractivity contribution in [3.8, 4) is 0 Å². The van der Waals surface area contributed by atoms with E-state index in [1.165, 1.54) is 19.3 Å². The van der Waals surface area contributed by atoms with Crippen LogP contribution in [0.15, 0.2) is 12.4 Å². The second-order valence-corrected chi connectivity index (χ2v) is 5.41. The molecule has 1 aromatic rings. The third-order valence-electron chi connectivity index (χ3n) is 4.04. The summed E-state index contributed by atoms with van der Waals surface area (Å²) in [4.78, 5) is 6.84. The molecule has 1 aliphatic rings. The van der Waals surface area contributed by atoms with Crippen LogP contribution in [-0.4, -0.2) is 35.2 Å². The number of nitrogens with zero attached hydrogens (tertiary/aromatic N) is 3. The maximum atomic E-state index is 4.43. The molecule has 1 aliphatic heterocycles. The molecule has 1 atom stereocenters.